The number of hydrogen-bond acceptors (Lipinski definition) is 1. The predicted octanol–water partition coefficient (Wildman–Crippen LogP) is 2.54. The third kappa shape index (κ3) is 1.59. The molecule has 1 aromatic carbocycles. The third-order valence-electron chi connectivity index (χ3n) is 3.37. The van der Waals surface area contributed by atoms with E-state index in [0.29, 0.717) is 0 Å². The van der Waals surface area contributed by atoms with Crippen molar-refractivity contribution in [2.45, 2.75) is 6.42 Å². The minimum Gasteiger partial charge on any atom is -0.338 e. The summed E-state index contributed by atoms with van der Waals surface area (Å²) in [6.07, 6.45) is 1.33. The molecule has 78 valence electrons. The largest absolute Gasteiger partial charge is 0.338 e. The second-order valence-electron chi connectivity index (χ2n) is 4.45. The molecule has 2 atom stereocenters. The quantitative estimate of drug-likeness (QED) is 0.765. The van der Waals surface area contributed by atoms with Gasteiger partial charge in [-0.25, -0.2) is 0 Å². The van der Waals surface area contributed by atoms with Crippen LogP contribution in [0.1, 0.15) is 16.8 Å². The molecular formula is C12H12BrNO. The number of fused-ring (bicyclic) bond motifs is 1. The molecule has 1 saturated heterocycles. The number of likely N-dealkylation sites (tertiary alicyclic amines) is 1. The maximum Gasteiger partial charge on any atom is 0.255 e. The van der Waals surface area contributed by atoms with Gasteiger partial charge in [0.1, 0.15) is 0 Å². The minimum atomic E-state index is 0.176. The number of benzene rings is 1. The van der Waals surface area contributed by atoms with E-state index in [1.165, 1.54) is 6.42 Å². The zero-order valence-corrected chi connectivity index (χ0v) is 9.90. The van der Waals surface area contributed by atoms with Crippen LogP contribution in [0.15, 0.2) is 28.7 Å². The Kier molecular flexibility index (Phi) is 2.09. The van der Waals surface area contributed by atoms with Gasteiger partial charge in [0.2, 0.25) is 0 Å². The summed E-state index contributed by atoms with van der Waals surface area (Å²) in [5, 5.41) is 0. The lowest BCUT2D eigenvalue weighted by atomic mass is 10.2. The van der Waals surface area contributed by atoms with Gasteiger partial charge in [-0.2, -0.15) is 0 Å². The van der Waals surface area contributed by atoms with Gasteiger partial charge in [0, 0.05) is 17.6 Å². The summed E-state index contributed by atoms with van der Waals surface area (Å²) in [7, 11) is 0. The number of rotatable bonds is 1. The van der Waals surface area contributed by atoms with E-state index in [9.17, 15) is 4.79 Å². The normalized spacial score (nSPS) is 27.7. The van der Waals surface area contributed by atoms with Gasteiger partial charge in [-0.05, 0) is 46.3 Å². The molecule has 1 amide bonds. The minimum absolute atomic E-state index is 0.176. The van der Waals surface area contributed by atoms with Gasteiger partial charge in [0.15, 0.2) is 0 Å². The summed E-state index contributed by atoms with van der Waals surface area (Å²) in [4.78, 5) is 14.1. The van der Waals surface area contributed by atoms with Gasteiger partial charge in [-0.15, -0.1) is 0 Å². The molecule has 2 aliphatic rings. The Morgan fingerprint density at radius 1 is 1.27 bits per heavy atom. The van der Waals surface area contributed by atoms with Crippen LogP contribution in [0, 0.1) is 11.8 Å². The van der Waals surface area contributed by atoms with Gasteiger partial charge in [0.25, 0.3) is 5.91 Å². The monoisotopic (exact) mass is 265 g/mol. The molecule has 0 bridgehead atoms. The molecule has 2 fully saturated rings. The van der Waals surface area contributed by atoms with Crippen molar-refractivity contribution in [1.29, 1.82) is 0 Å². The molecule has 0 spiro atoms. The third-order valence-corrected chi connectivity index (χ3v) is 4.06. The summed E-state index contributed by atoms with van der Waals surface area (Å²) in [5.74, 6) is 1.78. The summed E-state index contributed by atoms with van der Waals surface area (Å²) in [5.41, 5.74) is 0.791. The van der Waals surface area contributed by atoms with Crippen molar-refractivity contribution in [3.05, 3.63) is 34.3 Å². The SMILES string of the molecule is O=C(c1ccccc1Br)N1C[C@H]2C[C@H]2C1. The van der Waals surface area contributed by atoms with Crippen molar-refractivity contribution in [2.75, 3.05) is 13.1 Å². The van der Waals surface area contributed by atoms with E-state index >= 15 is 0 Å². The summed E-state index contributed by atoms with van der Waals surface area (Å²) >= 11 is 3.42. The highest BCUT2D eigenvalue weighted by atomic mass is 79.9. The van der Waals surface area contributed by atoms with E-state index in [2.05, 4.69) is 15.9 Å². The maximum atomic E-state index is 12.1. The van der Waals surface area contributed by atoms with Crippen LogP contribution in [-0.2, 0) is 0 Å². The zero-order chi connectivity index (χ0) is 10.4. The second-order valence-corrected chi connectivity index (χ2v) is 5.30. The fraction of sp³-hybridized carbons (Fsp3) is 0.417. The van der Waals surface area contributed by atoms with E-state index in [1.54, 1.807) is 0 Å². The molecule has 0 radical (unpaired) electrons. The van der Waals surface area contributed by atoms with Crippen molar-refractivity contribution in [1.82, 2.24) is 4.90 Å². The highest BCUT2D eigenvalue weighted by Gasteiger charge is 2.46. The van der Waals surface area contributed by atoms with Gasteiger partial charge >= 0.3 is 0 Å². The first kappa shape index (κ1) is 9.40. The standard InChI is InChI=1S/C12H12BrNO/c13-11-4-2-1-3-10(11)12(15)14-6-8-5-9(8)7-14/h1-4,8-9H,5-7H2/t8-,9+. The first-order valence-corrected chi connectivity index (χ1v) is 6.09. The molecule has 1 saturated carbocycles. The topological polar surface area (TPSA) is 20.3 Å². The number of nitrogens with zero attached hydrogens (tertiary/aromatic N) is 1. The predicted molar refractivity (Wildman–Crippen MR) is 61.6 cm³/mol. The number of carbonyl (C=O) groups is 1. The number of carbonyl (C=O) groups excluding carboxylic acids is 1. The van der Waals surface area contributed by atoms with Crippen LogP contribution in [0.2, 0.25) is 0 Å². The van der Waals surface area contributed by atoms with Crippen molar-refractivity contribution in [2.24, 2.45) is 11.8 Å². The summed E-state index contributed by atoms with van der Waals surface area (Å²) in [6.45, 7) is 1.93. The van der Waals surface area contributed by atoms with Crippen molar-refractivity contribution >= 4 is 21.8 Å². The summed E-state index contributed by atoms with van der Waals surface area (Å²) < 4.78 is 0.899. The molecule has 0 N–H and O–H groups in total. The van der Waals surface area contributed by atoms with Gasteiger partial charge in [-0.3, -0.25) is 4.79 Å². The van der Waals surface area contributed by atoms with Crippen molar-refractivity contribution < 1.29 is 4.79 Å². The Hall–Kier alpha value is -0.830. The van der Waals surface area contributed by atoms with E-state index in [0.717, 1.165) is 35.0 Å². The molecule has 1 aliphatic carbocycles. The highest BCUT2D eigenvalue weighted by Crippen LogP contribution is 2.45. The molecule has 1 aromatic rings. The first-order chi connectivity index (χ1) is 7.25. The van der Waals surface area contributed by atoms with E-state index < -0.39 is 0 Å². The molecule has 2 nitrogen and oxygen atoms in total. The fourth-order valence-electron chi connectivity index (χ4n) is 2.37. The Morgan fingerprint density at radius 3 is 2.60 bits per heavy atom. The Morgan fingerprint density at radius 2 is 1.93 bits per heavy atom. The molecule has 0 aromatic heterocycles. The Balaban J connectivity index is 1.82. The first-order valence-electron chi connectivity index (χ1n) is 5.29. The molecule has 0 unspecified atom stereocenters. The van der Waals surface area contributed by atoms with E-state index in [1.807, 2.05) is 29.2 Å². The summed E-state index contributed by atoms with van der Waals surface area (Å²) in [6, 6.07) is 7.65. The number of piperidine rings is 1. The average molecular weight is 266 g/mol. The average Bonchev–Trinajstić information content (AvgIpc) is 2.86. The van der Waals surface area contributed by atoms with Gasteiger partial charge < -0.3 is 4.90 Å². The zero-order valence-electron chi connectivity index (χ0n) is 8.32. The van der Waals surface area contributed by atoms with Crippen LogP contribution in [0.5, 0.6) is 0 Å². The smallest absolute Gasteiger partial charge is 0.255 e. The van der Waals surface area contributed by atoms with Crippen LogP contribution >= 0.6 is 15.9 Å². The fourth-order valence-corrected chi connectivity index (χ4v) is 2.82. The van der Waals surface area contributed by atoms with Gasteiger partial charge in [0.05, 0.1) is 5.56 Å². The lowest BCUT2D eigenvalue weighted by Gasteiger charge is -2.18. The molecule has 15 heavy (non-hydrogen) atoms. The number of amides is 1. The Bertz CT molecular complexity index is 408. The lowest BCUT2D eigenvalue weighted by molar-refractivity contribution is 0.0774. The lowest BCUT2D eigenvalue weighted by Crippen LogP contribution is -2.30. The van der Waals surface area contributed by atoms with Crippen molar-refractivity contribution in [3.8, 4) is 0 Å². The molecule has 3 heteroatoms. The van der Waals surface area contributed by atoms with Crippen LogP contribution in [0.3, 0.4) is 0 Å². The van der Waals surface area contributed by atoms with Crippen LogP contribution in [-0.4, -0.2) is 23.9 Å². The van der Waals surface area contributed by atoms with Crippen LogP contribution < -0.4 is 0 Å². The van der Waals surface area contributed by atoms with Crippen LogP contribution in [0.4, 0.5) is 0 Å². The molecule has 1 aliphatic heterocycles. The highest BCUT2D eigenvalue weighted by molar-refractivity contribution is 9.10. The van der Waals surface area contributed by atoms with E-state index in [-0.39, 0.29) is 5.91 Å². The molecule has 3 rings (SSSR count). The molecular weight excluding hydrogens is 254 g/mol. The molecule has 1 heterocycles. The number of halogens is 1. The second kappa shape index (κ2) is 3.34. The Labute approximate surface area is 97.4 Å². The van der Waals surface area contributed by atoms with E-state index in [4.69, 9.17) is 0 Å². The van der Waals surface area contributed by atoms with Gasteiger partial charge in [-0.1, -0.05) is 12.1 Å². The number of hydrogen-bond donors (Lipinski definition) is 0. The van der Waals surface area contributed by atoms with Crippen molar-refractivity contribution in [3.63, 3.8) is 0 Å². The maximum absolute atomic E-state index is 12.1. The van der Waals surface area contributed by atoms with Crippen LogP contribution in [0.25, 0.3) is 0 Å².